The van der Waals surface area contributed by atoms with Crippen LogP contribution in [0.2, 0.25) is 0 Å². The Morgan fingerprint density at radius 2 is 2.29 bits per heavy atom. The third kappa shape index (κ3) is 4.51. The molecule has 0 spiro atoms. The highest BCUT2D eigenvalue weighted by Crippen LogP contribution is 2.06. The summed E-state index contributed by atoms with van der Waals surface area (Å²) in [6, 6.07) is 3.29. The van der Waals surface area contributed by atoms with E-state index >= 15 is 0 Å². The van der Waals surface area contributed by atoms with Gasteiger partial charge >= 0.3 is 0 Å². The first kappa shape index (κ1) is 15.4. The molecule has 2 rings (SSSR count). The van der Waals surface area contributed by atoms with Gasteiger partial charge in [-0.3, -0.25) is 14.6 Å². The molecule has 1 aliphatic heterocycles. The molecular weight excluding hydrogens is 274 g/mol. The van der Waals surface area contributed by atoms with Crippen molar-refractivity contribution >= 4 is 11.8 Å². The summed E-state index contributed by atoms with van der Waals surface area (Å²) >= 11 is 0. The minimum Gasteiger partial charge on any atom is -0.383 e. The summed E-state index contributed by atoms with van der Waals surface area (Å²) in [6.45, 7) is 1.88. The molecule has 0 aliphatic carbocycles. The molecule has 0 bridgehead atoms. The first-order chi connectivity index (χ1) is 10.2. The van der Waals surface area contributed by atoms with Gasteiger partial charge in [0, 0.05) is 44.7 Å². The van der Waals surface area contributed by atoms with Crippen LogP contribution in [0.4, 0.5) is 0 Å². The predicted octanol–water partition coefficient (Wildman–Crippen LogP) is -0.315. The summed E-state index contributed by atoms with van der Waals surface area (Å²) in [5, 5.41) is 2.80. The molecule has 1 unspecified atom stereocenters. The Kier molecular flexibility index (Phi) is 5.65. The standard InChI is InChI=1S/C14H19N3O4/c1-20-7-6-17-9-12(21-10-13(17)18)8-16-14(19)11-2-4-15-5-3-11/h2-5,12H,6-10H2,1H3,(H,16,19). The zero-order chi connectivity index (χ0) is 15.1. The average Bonchev–Trinajstić information content (AvgIpc) is 2.53. The molecule has 1 aromatic rings. The lowest BCUT2D eigenvalue weighted by Crippen LogP contribution is -2.51. The van der Waals surface area contributed by atoms with Gasteiger partial charge in [0.1, 0.15) is 6.61 Å². The van der Waals surface area contributed by atoms with Gasteiger partial charge in [-0.05, 0) is 12.1 Å². The molecule has 0 aromatic carbocycles. The number of aromatic nitrogens is 1. The van der Waals surface area contributed by atoms with Crippen molar-refractivity contribution in [2.24, 2.45) is 0 Å². The van der Waals surface area contributed by atoms with Crippen molar-refractivity contribution in [2.75, 3.05) is 40.0 Å². The number of carbonyl (C=O) groups is 2. The van der Waals surface area contributed by atoms with Crippen LogP contribution in [0.5, 0.6) is 0 Å². The van der Waals surface area contributed by atoms with Crippen LogP contribution in [-0.2, 0) is 14.3 Å². The highest BCUT2D eigenvalue weighted by molar-refractivity contribution is 5.93. The largest absolute Gasteiger partial charge is 0.383 e. The van der Waals surface area contributed by atoms with Crippen molar-refractivity contribution in [3.8, 4) is 0 Å². The molecule has 0 saturated carbocycles. The van der Waals surface area contributed by atoms with Crippen molar-refractivity contribution in [1.82, 2.24) is 15.2 Å². The van der Waals surface area contributed by atoms with Crippen LogP contribution in [0, 0.1) is 0 Å². The molecule has 1 atom stereocenters. The van der Waals surface area contributed by atoms with E-state index in [1.807, 2.05) is 0 Å². The van der Waals surface area contributed by atoms with Crippen LogP contribution >= 0.6 is 0 Å². The third-order valence-corrected chi connectivity index (χ3v) is 3.22. The molecule has 2 amide bonds. The van der Waals surface area contributed by atoms with Gasteiger partial charge in [0.05, 0.1) is 12.7 Å². The Bertz CT molecular complexity index is 480. The summed E-state index contributed by atoms with van der Waals surface area (Å²) in [4.78, 5) is 29.1. The van der Waals surface area contributed by atoms with E-state index in [1.54, 1.807) is 36.5 Å². The number of hydrogen-bond acceptors (Lipinski definition) is 5. The van der Waals surface area contributed by atoms with Crippen LogP contribution in [0.15, 0.2) is 24.5 Å². The van der Waals surface area contributed by atoms with E-state index in [1.165, 1.54) is 0 Å². The highest BCUT2D eigenvalue weighted by Gasteiger charge is 2.26. The molecular formula is C14H19N3O4. The number of morpholine rings is 1. The lowest BCUT2D eigenvalue weighted by molar-refractivity contribution is -0.149. The fourth-order valence-corrected chi connectivity index (χ4v) is 2.03. The van der Waals surface area contributed by atoms with Crippen molar-refractivity contribution in [1.29, 1.82) is 0 Å². The van der Waals surface area contributed by atoms with Crippen molar-refractivity contribution < 1.29 is 19.1 Å². The van der Waals surface area contributed by atoms with Gasteiger partial charge in [-0.15, -0.1) is 0 Å². The van der Waals surface area contributed by atoms with Gasteiger partial charge < -0.3 is 19.7 Å². The predicted molar refractivity (Wildman–Crippen MR) is 74.8 cm³/mol. The number of carbonyl (C=O) groups excluding carboxylic acids is 2. The van der Waals surface area contributed by atoms with E-state index in [-0.39, 0.29) is 24.5 Å². The number of rotatable bonds is 6. The Balaban J connectivity index is 1.80. The third-order valence-electron chi connectivity index (χ3n) is 3.22. The number of nitrogens with one attached hydrogen (secondary N) is 1. The summed E-state index contributed by atoms with van der Waals surface area (Å²) in [7, 11) is 1.59. The Morgan fingerprint density at radius 1 is 1.52 bits per heavy atom. The maximum Gasteiger partial charge on any atom is 0.251 e. The quantitative estimate of drug-likeness (QED) is 0.778. The summed E-state index contributed by atoms with van der Waals surface area (Å²) in [6.07, 6.45) is 2.93. The number of methoxy groups -OCH3 is 1. The van der Waals surface area contributed by atoms with Crippen LogP contribution < -0.4 is 5.32 Å². The molecule has 7 heteroatoms. The highest BCUT2D eigenvalue weighted by atomic mass is 16.5. The van der Waals surface area contributed by atoms with Crippen LogP contribution in [-0.4, -0.2) is 67.8 Å². The molecule has 1 N–H and O–H groups in total. The summed E-state index contributed by atoms with van der Waals surface area (Å²) in [5.74, 6) is -0.231. The Morgan fingerprint density at radius 3 is 3.00 bits per heavy atom. The SMILES string of the molecule is COCCN1CC(CNC(=O)c2ccncc2)OCC1=O. The van der Waals surface area contributed by atoms with Crippen LogP contribution in [0.25, 0.3) is 0 Å². The van der Waals surface area contributed by atoms with Crippen molar-refractivity contribution in [3.05, 3.63) is 30.1 Å². The number of pyridine rings is 1. The van der Waals surface area contributed by atoms with Gasteiger partial charge in [0.2, 0.25) is 5.91 Å². The van der Waals surface area contributed by atoms with E-state index in [9.17, 15) is 9.59 Å². The average molecular weight is 293 g/mol. The fraction of sp³-hybridized carbons (Fsp3) is 0.500. The number of nitrogens with zero attached hydrogens (tertiary/aromatic N) is 2. The topological polar surface area (TPSA) is 80.8 Å². The van der Waals surface area contributed by atoms with Crippen LogP contribution in [0.1, 0.15) is 10.4 Å². The molecule has 1 aromatic heterocycles. The second-order valence-corrected chi connectivity index (χ2v) is 4.71. The smallest absolute Gasteiger partial charge is 0.251 e. The maximum atomic E-state index is 11.9. The van der Waals surface area contributed by atoms with Crippen molar-refractivity contribution in [2.45, 2.75) is 6.10 Å². The lowest BCUT2D eigenvalue weighted by atomic mass is 10.2. The maximum absolute atomic E-state index is 11.9. The van der Waals surface area contributed by atoms with E-state index < -0.39 is 0 Å². The van der Waals surface area contributed by atoms with Crippen LogP contribution in [0.3, 0.4) is 0 Å². The molecule has 21 heavy (non-hydrogen) atoms. The minimum atomic E-state index is -0.203. The molecule has 0 radical (unpaired) electrons. The molecule has 1 fully saturated rings. The molecule has 7 nitrogen and oxygen atoms in total. The molecule has 1 aliphatic rings. The second kappa shape index (κ2) is 7.70. The van der Waals surface area contributed by atoms with Gasteiger partial charge in [-0.2, -0.15) is 0 Å². The van der Waals surface area contributed by atoms with E-state index in [4.69, 9.17) is 9.47 Å². The normalized spacial score (nSPS) is 18.6. The second-order valence-electron chi connectivity index (χ2n) is 4.71. The monoisotopic (exact) mass is 293 g/mol. The summed E-state index contributed by atoms with van der Waals surface area (Å²) in [5.41, 5.74) is 0.549. The number of ether oxygens (including phenoxy) is 2. The number of hydrogen-bond donors (Lipinski definition) is 1. The zero-order valence-electron chi connectivity index (χ0n) is 11.9. The minimum absolute atomic E-state index is 0.0412. The van der Waals surface area contributed by atoms with Crippen molar-refractivity contribution in [3.63, 3.8) is 0 Å². The van der Waals surface area contributed by atoms with Gasteiger partial charge in [0.15, 0.2) is 0 Å². The van der Waals surface area contributed by atoms with Gasteiger partial charge in [-0.25, -0.2) is 0 Å². The summed E-state index contributed by atoms with van der Waals surface area (Å²) < 4.78 is 10.4. The van der Waals surface area contributed by atoms with Gasteiger partial charge in [-0.1, -0.05) is 0 Å². The Hall–Kier alpha value is -1.99. The molecule has 1 saturated heterocycles. The van der Waals surface area contributed by atoms with E-state index in [0.717, 1.165) is 0 Å². The Labute approximate surface area is 123 Å². The first-order valence-electron chi connectivity index (χ1n) is 6.77. The van der Waals surface area contributed by atoms with E-state index in [0.29, 0.717) is 31.8 Å². The molecule has 2 heterocycles. The van der Waals surface area contributed by atoms with Gasteiger partial charge in [0.25, 0.3) is 5.91 Å². The van der Waals surface area contributed by atoms with E-state index in [2.05, 4.69) is 10.3 Å². The zero-order valence-corrected chi connectivity index (χ0v) is 11.9. The first-order valence-corrected chi connectivity index (χ1v) is 6.77. The lowest BCUT2D eigenvalue weighted by Gasteiger charge is -2.32. The molecule has 114 valence electrons. The fourth-order valence-electron chi connectivity index (χ4n) is 2.03. The number of amides is 2.